The zero-order chi connectivity index (χ0) is 9.61. The molecule has 0 amide bonds. The molecular formula is C8H17NO3. The Kier molecular flexibility index (Phi) is 4.85. The minimum absolute atomic E-state index is 0.0132. The molecule has 0 saturated heterocycles. The van der Waals surface area contributed by atoms with Crippen LogP contribution in [0.5, 0.6) is 0 Å². The van der Waals surface area contributed by atoms with E-state index in [1.165, 1.54) is 0 Å². The topological polar surface area (TPSA) is 83.5 Å². The van der Waals surface area contributed by atoms with Crippen LogP contribution < -0.4 is 5.73 Å². The van der Waals surface area contributed by atoms with Gasteiger partial charge in [-0.15, -0.1) is 0 Å². The Hall–Kier alpha value is -0.610. The molecule has 0 aliphatic heterocycles. The fourth-order valence-electron chi connectivity index (χ4n) is 1.05. The molecule has 1 atom stereocenters. The molecule has 4 nitrogen and oxygen atoms in total. The van der Waals surface area contributed by atoms with Gasteiger partial charge < -0.3 is 15.9 Å². The van der Waals surface area contributed by atoms with E-state index in [0.29, 0.717) is 6.42 Å². The van der Waals surface area contributed by atoms with Crippen LogP contribution in [0.4, 0.5) is 0 Å². The standard InChI is InChI=1S/C8H17NO3/c1-2-3-4-8(12,6-9)5-7(10)11/h12H,2-6,9H2,1H3,(H,10,11)/t8-/m0/s1. The Labute approximate surface area is 72.4 Å². The second-order valence-electron chi connectivity index (χ2n) is 3.10. The molecule has 0 spiro atoms. The maximum atomic E-state index is 10.3. The van der Waals surface area contributed by atoms with Crippen LogP contribution in [0.1, 0.15) is 32.6 Å². The Balaban J connectivity index is 3.95. The average molecular weight is 175 g/mol. The fourth-order valence-corrected chi connectivity index (χ4v) is 1.05. The predicted octanol–water partition coefficient (Wildman–Crippen LogP) is 0.341. The summed E-state index contributed by atoms with van der Waals surface area (Å²) >= 11 is 0. The van der Waals surface area contributed by atoms with Gasteiger partial charge >= 0.3 is 5.97 Å². The van der Waals surface area contributed by atoms with Crippen molar-refractivity contribution in [1.29, 1.82) is 0 Å². The lowest BCUT2D eigenvalue weighted by Gasteiger charge is -2.24. The van der Waals surface area contributed by atoms with Crippen molar-refractivity contribution in [2.24, 2.45) is 5.73 Å². The van der Waals surface area contributed by atoms with Gasteiger partial charge in [-0.3, -0.25) is 4.79 Å². The number of unbranched alkanes of at least 4 members (excludes halogenated alkanes) is 1. The molecule has 12 heavy (non-hydrogen) atoms. The molecule has 0 aliphatic rings. The first-order chi connectivity index (χ1) is 5.54. The van der Waals surface area contributed by atoms with Crippen molar-refractivity contribution in [3.8, 4) is 0 Å². The van der Waals surface area contributed by atoms with Crippen LogP contribution in [0, 0.1) is 0 Å². The Morgan fingerprint density at radius 2 is 2.17 bits per heavy atom. The third kappa shape index (κ3) is 4.31. The van der Waals surface area contributed by atoms with Gasteiger partial charge in [0.15, 0.2) is 0 Å². The highest BCUT2D eigenvalue weighted by atomic mass is 16.4. The molecule has 4 heteroatoms. The van der Waals surface area contributed by atoms with Gasteiger partial charge in [-0.1, -0.05) is 19.8 Å². The van der Waals surface area contributed by atoms with E-state index < -0.39 is 11.6 Å². The van der Waals surface area contributed by atoms with Gasteiger partial charge in [0, 0.05) is 6.54 Å². The van der Waals surface area contributed by atoms with E-state index in [-0.39, 0.29) is 13.0 Å². The molecule has 0 heterocycles. The zero-order valence-corrected chi connectivity index (χ0v) is 7.42. The molecule has 0 aromatic carbocycles. The van der Waals surface area contributed by atoms with E-state index in [1.807, 2.05) is 6.92 Å². The Bertz CT molecular complexity index is 149. The number of rotatable bonds is 6. The molecule has 0 bridgehead atoms. The van der Waals surface area contributed by atoms with Crippen LogP contribution in [-0.4, -0.2) is 28.3 Å². The van der Waals surface area contributed by atoms with Crippen molar-refractivity contribution in [1.82, 2.24) is 0 Å². The van der Waals surface area contributed by atoms with Gasteiger partial charge in [-0.25, -0.2) is 0 Å². The highest BCUT2D eigenvalue weighted by Gasteiger charge is 2.27. The summed E-state index contributed by atoms with van der Waals surface area (Å²) in [7, 11) is 0. The van der Waals surface area contributed by atoms with Crippen LogP contribution in [0.25, 0.3) is 0 Å². The van der Waals surface area contributed by atoms with Gasteiger partial charge in [-0.05, 0) is 6.42 Å². The molecule has 4 N–H and O–H groups in total. The third-order valence-corrected chi connectivity index (χ3v) is 1.86. The summed E-state index contributed by atoms with van der Waals surface area (Å²) in [4.78, 5) is 10.3. The van der Waals surface area contributed by atoms with Gasteiger partial charge in [0.25, 0.3) is 0 Å². The third-order valence-electron chi connectivity index (χ3n) is 1.86. The van der Waals surface area contributed by atoms with Crippen molar-refractivity contribution in [2.45, 2.75) is 38.2 Å². The van der Waals surface area contributed by atoms with E-state index >= 15 is 0 Å². The minimum Gasteiger partial charge on any atom is -0.481 e. The second-order valence-corrected chi connectivity index (χ2v) is 3.10. The van der Waals surface area contributed by atoms with Crippen LogP contribution in [0.3, 0.4) is 0 Å². The molecule has 0 radical (unpaired) electrons. The summed E-state index contributed by atoms with van der Waals surface area (Å²) < 4.78 is 0. The summed E-state index contributed by atoms with van der Waals surface area (Å²) in [6.07, 6.45) is 1.94. The zero-order valence-electron chi connectivity index (χ0n) is 7.42. The monoisotopic (exact) mass is 175 g/mol. The summed E-state index contributed by atoms with van der Waals surface area (Å²) in [5.41, 5.74) is 4.08. The number of nitrogens with two attached hydrogens (primary N) is 1. The van der Waals surface area contributed by atoms with Crippen molar-refractivity contribution >= 4 is 5.97 Å². The van der Waals surface area contributed by atoms with E-state index in [9.17, 15) is 9.90 Å². The largest absolute Gasteiger partial charge is 0.481 e. The van der Waals surface area contributed by atoms with E-state index in [1.54, 1.807) is 0 Å². The quantitative estimate of drug-likeness (QED) is 0.543. The molecule has 0 saturated carbocycles. The van der Waals surface area contributed by atoms with Crippen LogP contribution in [-0.2, 0) is 4.79 Å². The van der Waals surface area contributed by atoms with Gasteiger partial charge in [0.1, 0.15) is 0 Å². The number of carbonyl (C=O) groups is 1. The Morgan fingerprint density at radius 3 is 2.50 bits per heavy atom. The number of carboxylic acid groups (broad SMARTS) is 1. The number of aliphatic hydroxyl groups is 1. The van der Waals surface area contributed by atoms with Crippen molar-refractivity contribution in [3.05, 3.63) is 0 Å². The summed E-state index contributed by atoms with van der Waals surface area (Å²) in [6.45, 7) is 2.00. The van der Waals surface area contributed by atoms with Crippen LogP contribution in [0.2, 0.25) is 0 Å². The Morgan fingerprint density at radius 1 is 1.58 bits per heavy atom. The molecule has 72 valence electrons. The maximum Gasteiger partial charge on any atom is 0.306 e. The predicted molar refractivity (Wildman–Crippen MR) is 45.8 cm³/mol. The fraction of sp³-hybridized carbons (Fsp3) is 0.875. The van der Waals surface area contributed by atoms with Gasteiger partial charge in [0.2, 0.25) is 0 Å². The van der Waals surface area contributed by atoms with Gasteiger partial charge in [0.05, 0.1) is 12.0 Å². The SMILES string of the molecule is CCCC[C@@](O)(CN)CC(=O)O. The van der Waals surface area contributed by atoms with Crippen LogP contribution in [0.15, 0.2) is 0 Å². The molecule has 0 unspecified atom stereocenters. The van der Waals surface area contributed by atoms with Gasteiger partial charge in [-0.2, -0.15) is 0 Å². The second kappa shape index (κ2) is 5.11. The first kappa shape index (κ1) is 11.4. The molecule has 0 aromatic heterocycles. The summed E-state index contributed by atoms with van der Waals surface area (Å²) in [5, 5.41) is 18.1. The maximum absolute atomic E-state index is 10.3. The minimum atomic E-state index is -1.21. The molecular weight excluding hydrogens is 158 g/mol. The lowest BCUT2D eigenvalue weighted by molar-refractivity contribution is -0.142. The molecule has 0 fully saturated rings. The number of carboxylic acids is 1. The molecule has 0 rings (SSSR count). The summed E-state index contributed by atoms with van der Waals surface area (Å²) in [6, 6.07) is 0. The number of hydrogen-bond donors (Lipinski definition) is 3. The highest BCUT2D eigenvalue weighted by molar-refractivity contribution is 5.68. The molecule has 0 aromatic rings. The highest BCUT2D eigenvalue weighted by Crippen LogP contribution is 2.16. The summed E-state index contributed by atoms with van der Waals surface area (Å²) in [5.74, 6) is -1.00. The normalized spacial score (nSPS) is 15.6. The first-order valence-electron chi connectivity index (χ1n) is 4.18. The van der Waals surface area contributed by atoms with Crippen molar-refractivity contribution < 1.29 is 15.0 Å². The average Bonchev–Trinajstić information content (AvgIpc) is 2.00. The smallest absolute Gasteiger partial charge is 0.306 e. The van der Waals surface area contributed by atoms with Crippen molar-refractivity contribution in [3.63, 3.8) is 0 Å². The van der Waals surface area contributed by atoms with Crippen LogP contribution >= 0.6 is 0 Å². The van der Waals surface area contributed by atoms with E-state index in [2.05, 4.69) is 0 Å². The molecule has 0 aliphatic carbocycles. The number of aliphatic carboxylic acids is 1. The first-order valence-corrected chi connectivity index (χ1v) is 4.18. The lowest BCUT2D eigenvalue weighted by Crippen LogP contribution is -2.39. The van der Waals surface area contributed by atoms with E-state index in [0.717, 1.165) is 12.8 Å². The lowest BCUT2D eigenvalue weighted by atomic mass is 9.93. The van der Waals surface area contributed by atoms with E-state index in [4.69, 9.17) is 10.8 Å². The van der Waals surface area contributed by atoms with Crippen molar-refractivity contribution in [2.75, 3.05) is 6.54 Å². The number of hydrogen-bond acceptors (Lipinski definition) is 3.